The van der Waals surface area contributed by atoms with E-state index in [1.54, 1.807) is 11.0 Å². The molecule has 1 aliphatic carbocycles. The molecule has 1 aliphatic rings. The summed E-state index contributed by atoms with van der Waals surface area (Å²) < 4.78 is 0.975. The molecule has 2 aromatic rings. The summed E-state index contributed by atoms with van der Waals surface area (Å²) in [7, 11) is 0. The van der Waals surface area contributed by atoms with Crippen LogP contribution in [-0.2, 0) is 22.6 Å². The lowest BCUT2D eigenvalue weighted by Crippen LogP contribution is -2.50. The van der Waals surface area contributed by atoms with Crippen LogP contribution in [-0.4, -0.2) is 28.8 Å². The van der Waals surface area contributed by atoms with Gasteiger partial charge in [-0.1, -0.05) is 77.1 Å². The van der Waals surface area contributed by atoms with Crippen molar-refractivity contribution in [1.82, 2.24) is 10.2 Å². The van der Waals surface area contributed by atoms with E-state index in [9.17, 15) is 9.59 Å². The second-order valence-corrected chi connectivity index (χ2v) is 9.26. The normalized spacial score (nSPS) is 15.4. The molecule has 0 bridgehead atoms. The van der Waals surface area contributed by atoms with Gasteiger partial charge in [-0.15, -0.1) is 0 Å². The largest absolute Gasteiger partial charge is 0.352 e. The molecule has 0 unspecified atom stereocenters. The third-order valence-electron chi connectivity index (χ3n) is 5.68. The molecule has 0 aromatic heterocycles. The van der Waals surface area contributed by atoms with Crippen LogP contribution >= 0.6 is 27.5 Å². The van der Waals surface area contributed by atoms with Crippen molar-refractivity contribution in [3.8, 4) is 0 Å². The zero-order valence-electron chi connectivity index (χ0n) is 17.2. The smallest absolute Gasteiger partial charge is 0.242 e. The lowest BCUT2D eigenvalue weighted by Gasteiger charge is -2.31. The highest BCUT2D eigenvalue weighted by molar-refractivity contribution is 9.10. The zero-order valence-corrected chi connectivity index (χ0v) is 19.6. The maximum absolute atomic E-state index is 13.3. The van der Waals surface area contributed by atoms with Gasteiger partial charge in [0.25, 0.3) is 0 Å². The molecule has 1 fully saturated rings. The number of halogens is 2. The van der Waals surface area contributed by atoms with Crippen LogP contribution in [0.3, 0.4) is 0 Å². The SMILES string of the molecule is C[C@H](C(=O)NC1CCCCC1)N(Cc1ccc(Br)cc1)C(=O)Cc1ccccc1Cl. The summed E-state index contributed by atoms with van der Waals surface area (Å²) in [6.07, 6.45) is 5.71. The van der Waals surface area contributed by atoms with Gasteiger partial charge in [-0.3, -0.25) is 9.59 Å². The van der Waals surface area contributed by atoms with Gasteiger partial charge in [0.2, 0.25) is 11.8 Å². The first-order valence-electron chi connectivity index (χ1n) is 10.5. The van der Waals surface area contributed by atoms with Gasteiger partial charge >= 0.3 is 0 Å². The minimum atomic E-state index is -0.564. The Morgan fingerprint density at radius 1 is 1.10 bits per heavy atom. The van der Waals surface area contributed by atoms with Crippen molar-refractivity contribution in [3.63, 3.8) is 0 Å². The summed E-state index contributed by atoms with van der Waals surface area (Å²) in [5, 5.41) is 3.72. The van der Waals surface area contributed by atoms with E-state index in [-0.39, 0.29) is 24.3 Å². The fourth-order valence-electron chi connectivity index (χ4n) is 3.84. The quantitative estimate of drug-likeness (QED) is 0.555. The third kappa shape index (κ3) is 6.32. The highest BCUT2D eigenvalue weighted by Crippen LogP contribution is 2.21. The van der Waals surface area contributed by atoms with Crippen LogP contribution in [0.4, 0.5) is 0 Å². The molecular weight excluding hydrogens is 464 g/mol. The Bertz CT molecular complexity index is 866. The number of amides is 2. The third-order valence-corrected chi connectivity index (χ3v) is 6.58. The van der Waals surface area contributed by atoms with Crippen LogP contribution < -0.4 is 5.32 Å². The molecule has 0 saturated heterocycles. The molecule has 4 nitrogen and oxygen atoms in total. The molecule has 3 rings (SSSR count). The second-order valence-electron chi connectivity index (χ2n) is 7.94. The molecule has 30 heavy (non-hydrogen) atoms. The van der Waals surface area contributed by atoms with Gasteiger partial charge in [0.05, 0.1) is 6.42 Å². The number of nitrogens with one attached hydrogen (secondary N) is 1. The minimum absolute atomic E-state index is 0.0912. The topological polar surface area (TPSA) is 49.4 Å². The van der Waals surface area contributed by atoms with E-state index in [0.29, 0.717) is 11.6 Å². The van der Waals surface area contributed by atoms with Crippen LogP contribution in [0.25, 0.3) is 0 Å². The van der Waals surface area contributed by atoms with Gasteiger partial charge < -0.3 is 10.2 Å². The molecule has 2 aromatic carbocycles. The standard InChI is InChI=1S/C24H28BrClN2O2/c1-17(24(30)27-21-8-3-2-4-9-21)28(16-18-11-13-20(25)14-12-18)23(29)15-19-7-5-6-10-22(19)26/h5-7,10-14,17,21H,2-4,8-9,15-16H2,1H3,(H,27,30)/t17-/m1/s1. The fourth-order valence-corrected chi connectivity index (χ4v) is 4.31. The Hall–Kier alpha value is -1.85. The van der Waals surface area contributed by atoms with Crippen LogP contribution in [0.5, 0.6) is 0 Å². The first kappa shape index (κ1) is 22.8. The average Bonchev–Trinajstić information content (AvgIpc) is 2.75. The Balaban J connectivity index is 1.76. The van der Waals surface area contributed by atoms with Gasteiger partial charge in [0, 0.05) is 22.1 Å². The van der Waals surface area contributed by atoms with Gasteiger partial charge in [0.1, 0.15) is 6.04 Å². The van der Waals surface area contributed by atoms with E-state index in [4.69, 9.17) is 11.6 Å². The lowest BCUT2D eigenvalue weighted by atomic mass is 9.95. The summed E-state index contributed by atoms with van der Waals surface area (Å²) in [5.74, 6) is -0.205. The van der Waals surface area contributed by atoms with E-state index in [1.807, 2.05) is 49.4 Å². The molecule has 2 amide bonds. The average molecular weight is 492 g/mol. The van der Waals surface area contributed by atoms with E-state index in [1.165, 1.54) is 6.42 Å². The molecule has 6 heteroatoms. The first-order valence-corrected chi connectivity index (χ1v) is 11.7. The Morgan fingerprint density at radius 2 is 1.77 bits per heavy atom. The van der Waals surface area contributed by atoms with Crippen molar-refractivity contribution in [2.75, 3.05) is 0 Å². The highest BCUT2D eigenvalue weighted by atomic mass is 79.9. The van der Waals surface area contributed by atoms with Crippen molar-refractivity contribution >= 4 is 39.3 Å². The van der Waals surface area contributed by atoms with E-state index < -0.39 is 6.04 Å². The molecular formula is C24H28BrClN2O2. The monoisotopic (exact) mass is 490 g/mol. The lowest BCUT2D eigenvalue weighted by molar-refractivity contribution is -0.140. The van der Waals surface area contributed by atoms with E-state index in [0.717, 1.165) is 41.3 Å². The number of nitrogens with zero attached hydrogens (tertiary/aromatic N) is 1. The second kappa shape index (κ2) is 11.0. The predicted molar refractivity (Wildman–Crippen MR) is 124 cm³/mol. The summed E-state index contributed by atoms with van der Waals surface area (Å²) in [6, 6.07) is 14.8. The number of hydrogen-bond donors (Lipinski definition) is 1. The fraction of sp³-hybridized carbons (Fsp3) is 0.417. The molecule has 1 saturated carbocycles. The van der Waals surface area contributed by atoms with Crippen LogP contribution in [0, 0.1) is 0 Å². The first-order chi connectivity index (χ1) is 14.4. The maximum Gasteiger partial charge on any atom is 0.242 e. The van der Waals surface area contributed by atoms with E-state index >= 15 is 0 Å². The van der Waals surface area contributed by atoms with Crippen molar-refractivity contribution in [2.24, 2.45) is 0 Å². The molecule has 0 spiro atoms. The minimum Gasteiger partial charge on any atom is -0.352 e. The van der Waals surface area contributed by atoms with Crippen molar-refractivity contribution in [2.45, 2.75) is 64.1 Å². The number of hydrogen-bond acceptors (Lipinski definition) is 2. The highest BCUT2D eigenvalue weighted by Gasteiger charge is 2.28. The maximum atomic E-state index is 13.3. The van der Waals surface area contributed by atoms with Crippen molar-refractivity contribution in [1.29, 1.82) is 0 Å². The molecule has 1 atom stereocenters. The van der Waals surface area contributed by atoms with Gasteiger partial charge in [-0.05, 0) is 49.1 Å². The molecule has 0 heterocycles. The Labute approximate surface area is 192 Å². The number of benzene rings is 2. The summed E-state index contributed by atoms with van der Waals surface area (Å²) >= 11 is 9.71. The van der Waals surface area contributed by atoms with Gasteiger partial charge in [-0.25, -0.2) is 0 Å². The van der Waals surface area contributed by atoms with Crippen molar-refractivity contribution in [3.05, 3.63) is 69.2 Å². The number of rotatable bonds is 7. The summed E-state index contributed by atoms with van der Waals surface area (Å²) in [6.45, 7) is 2.18. The molecule has 160 valence electrons. The summed E-state index contributed by atoms with van der Waals surface area (Å²) in [5.41, 5.74) is 1.74. The Morgan fingerprint density at radius 3 is 2.43 bits per heavy atom. The number of carbonyl (C=O) groups is 2. The molecule has 1 N–H and O–H groups in total. The van der Waals surface area contributed by atoms with Gasteiger partial charge in [0.15, 0.2) is 0 Å². The molecule has 0 radical (unpaired) electrons. The number of carbonyl (C=O) groups excluding carboxylic acids is 2. The predicted octanol–water partition coefficient (Wildman–Crippen LogP) is 5.51. The van der Waals surface area contributed by atoms with Crippen molar-refractivity contribution < 1.29 is 9.59 Å². The Kier molecular flexibility index (Phi) is 8.34. The van der Waals surface area contributed by atoms with Crippen LogP contribution in [0.15, 0.2) is 53.0 Å². The zero-order chi connectivity index (χ0) is 21.5. The van der Waals surface area contributed by atoms with E-state index in [2.05, 4.69) is 21.2 Å². The van der Waals surface area contributed by atoms with Crippen LogP contribution in [0.2, 0.25) is 5.02 Å². The summed E-state index contributed by atoms with van der Waals surface area (Å²) in [4.78, 5) is 27.9. The van der Waals surface area contributed by atoms with Gasteiger partial charge in [-0.2, -0.15) is 0 Å². The molecule has 0 aliphatic heterocycles. The van der Waals surface area contributed by atoms with Crippen LogP contribution in [0.1, 0.15) is 50.2 Å².